The maximum atomic E-state index is 15.0. The number of hydrogen-bond donors (Lipinski definition) is 0. The number of carbonyl (C=O) groups excluding carboxylic acids is 2. The number of unbranched alkanes of at least 4 members (excludes halogenated alkanes) is 17. The van der Waals surface area contributed by atoms with E-state index in [4.69, 9.17) is 0 Å². The summed E-state index contributed by atoms with van der Waals surface area (Å²) in [5, 5.41) is 3.71. The van der Waals surface area contributed by atoms with Crippen LogP contribution in [0.15, 0.2) is 97.1 Å². The molecule has 9 heteroatoms. The van der Waals surface area contributed by atoms with Crippen LogP contribution in [0.1, 0.15) is 247 Å². The van der Waals surface area contributed by atoms with E-state index in [0.29, 0.717) is 17.0 Å². The fourth-order valence-electron chi connectivity index (χ4n) is 12.8. The van der Waals surface area contributed by atoms with Gasteiger partial charge in [0.15, 0.2) is 0 Å². The van der Waals surface area contributed by atoms with E-state index >= 15 is 0 Å². The van der Waals surface area contributed by atoms with E-state index in [1.807, 2.05) is 56.7 Å². The molecule has 2 amide bonds. The monoisotopic (exact) mass is 1200 g/mol. The third kappa shape index (κ3) is 12.7. The van der Waals surface area contributed by atoms with Crippen LogP contribution in [0.5, 0.6) is 0 Å². The molecular weight excluding hydrogens is 1120 g/mol. The summed E-state index contributed by atoms with van der Waals surface area (Å²) in [4.78, 5) is 42.6. The van der Waals surface area contributed by atoms with Gasteiger partial charge in [0.1, 0.15) is 4.88 Å². The third-order valence-corrected chi connectivity index (χ3v) is 25.9. The van der Waals surface area contributed by atoms with E-state index in [1.54, 1.807) is 16.2 Å². The predicted octanol–water partition coefficient (Wildman–Crippen LogP) is 24.9. The van der Waals surface area contributed by atoms with Crippen LogP contribution in [0.25, 0.3) is 60.9 Å². The Kier molecular flexibility index (Phi) is 21.0. The topological polar surface area (TPSA) is 37.4 Å². The number of amides is 2. The minimum Gasteiger partial charge on any atom is -0.274 e. The van der Waals surface area contributed by atoms with Crippen molar-refractivity contribution in [1.29, 1.82) is 0 Å². The molecule has 3 nitrogen and oxygen atoms in total. The number of aryl methyl sites for hydroxylation is 2. The van der Waals surface area contributed by atoms with Gasteiger partial charge >= 0.3 is 0 Å². The van der Waals surface area contributed by atoms with Crippen molar-refractivity contribution in [2.75, 3.05) is 6.54 Å². The number of nitrogens with zero attached hydrogens (tertiary/aromatic N) is 1. The molecule has 82 heavy (non-hydrogen) atoms. The molecule has 434 valence electrons. The standard InChI is InChI=1S/C73H89NO2S6/c1-8-13-17-20-23-25-34-41-53-43-45-57(78-53)61-55-49-59(73(7,46-16-11-4)51-38-31-28-32-39-51)80-65(55)60(56-44-42-52(77-56)40-33-24-21-18-14-9-2)54-48-58(79-64(54)61)66-67-62(69(82-66)72(6,12-5)50-36-29-27-30-37-50)63-68(81-67)71(76)74(70(63)75)47-35-26-22-19-15-10-3/h27-32,36-39,42-45,48-49H,8-26,33-35,40-41,46-47H2,1-7H3. The average Bonchev–Trinajstić information content (AvgIpc) is 4.55. The number of imide groups is 1. The highest BCUT2D eigenvalue weighted by Gasteiger charge is 2.44. The van der Waals surface area contributed by atoms with E-state index in [1.165, 1.54) is 184 Å². The first-order valence-electron chi connectivity index (χ1n) is 31.9. The molecule has 7 heterocycles. The van der Waals surface area contributed by atoms with E-state index in [2.05, 4.69) is 146 Å². The van der Waals surface area contributed by atoms with Gasteiger partial charge in [0.05, 0.1) is 15.1 Å². The van der Waals surface area contributed by atoms with Crippen LogP contribution >= 0.6 is 68.0 Å². The number of thiophene rings is 6. The van der Waals surface area contributed by atoms with Gasteiger partial charge in [-0.3, -0.25) is 14.5 Å². The molecule has 0 bridgehead atoms. The molecule has 0 radical (unpaired) electrons. The first kappa shape index (κ1) is 60.9. The molecular formula is C73H89NO2S6. The summed E-state index contributed by atoms with van der Waals surface area (Å²) in [6.45, 7) is 16.8. The zero-order chi connectivity index (χ0) is 57.2. The van der Waals surface area contributed by atoms with Gasteiger partial charge in [0.25, 0.3) is 11.8 Å². The Morgan fingerprint density at radius 3 is 1.46 bits per heavy atom. The zero-order valence-corrected chi connectivity index (χ0v) is 55.2. The van der Waals surface area contributed by atoms with Gasteiger partial charge < -0.3 is 0 Å². The Bertz CT molecular complexity index is 3540. The number of fused-ring (bicyclic) bond motifs is 5. The van der Waals surface area contributed by atoms with E-state index < -0.39 is 0 Å². The van der Waals surface area contributed by atoms with E-state index in [-0.39, 0.29) is 22.6 Å². The highest BCUT2D eigenvalue weighted by Crippen LogP contribution is 2.59. The fraction of sp³-hybridized carbons (Fsp3) is 0.479. The van der Waals surface area contributed by atoms with Crippen LogP contribution in [0, 0.1) is 0 Å². The van der Waals surface area contributed by atoms with Crippen molar-refractivity contribution < 1.29 is 9.59 Å². The second kappa shape index (κ2) is 28.3. The Morgan fingerprint density at radius 1 is 0.415 bits per heavy atom. The summed E-state index contributed by atoms with van der Waals surface area (Å²) in [5.74, 6) is -0.206. The van der Waals surface area contributed by atoms with Crippen LogP contribution in [-0.2, 0) is 23.7 Å². The van der Waals surface area contributed by atoms with Crippen LogP contribution < -0.4 is 0 Å². The molecule has 10 rings (SSSR count). The summed E-state index contributed by atoms with van der Waals surface area (Å²) >= 11 is 11.5. The molecule has 0 fully saturated rings. The van der Waals surface area contributed by atoms with E-state index in [0.717, 1.165) is 67.9 Å². The lowest BCUT2D eigenvalue weighted by atomic mass is 9.76. The summed E-state index contributed by atoms with van der Waals surface area (Å²) < 4.78 is 3.84. The van der Waals surface area contributed by atoms with Crippen molar-refractivity contribution in [2.45, 2.75) is 220 Å². The average molecular weight is 1200 g/mol. The van der Waals surface area contributed by atoms with Gasteiger partial charge in [-0.15, -0.1) is 68.0 Å². The summed E-state index contributed by atoms with van der Waals surface area (Å²) in [5.41, 5.74) is 5.50. The van der Waals surface area contributed by atoms with Gasteiger partial charge in [0.2, 0.25) is 0 Å². The third-order valence-electron chi connectivity index (χ3n) is 18.1. The molecule has 2 atom stereocenters. The Labute approximate surface area is 515 Å². The summed E-state index contributed by atoms with van der Waals surface area (Å²) in [6, 6.07) is 37.2. The number of rotatable bonds is 33. The zero-order valence-electron chi connectivity index (χ0n) is 50.3. The predicted molar refractivity (Wildman–Crippen MR) is 366 cm³/mol. The quantitative estimate of drug-likeness (QED) is 0.0304. The van der Waals surface area contributed by atoms with Crippen molar-refractivity contribution in [3.8, 4) is 30.6 Å². The van der Waals surface area contributed by atoms with E-state index in [9.17, 15) is 9.59 Å². The lowest BCUT2D eigenvalue weighted by Crippen LogP contribution is -2.31. The number of hydrogen-bond acceptors (Lipinski definition) is 8. The minimum atomic E-state index is -0.380. The normalized spacial score (nSPS) is 14.3. The molecule has 0 saturated heterocycles. The van der Waals surface area contributed by atoms with Crippen molar-refractivity contribution in [2.24, 2.45) is 0 Å². The highest BCUT2D eigenvalue weighted by molar-refractivity contribution is 7.32. The lowest BCUT2D eigenvalue weighted by Gasteiger charge is -2.29. The Morgan fingerprint density at radius 2 is 0.915 bits per heavy atom. The first-order chi connectivity index (χ1) is 40.1. The highest BCUT2D eigenvalue weighted by atomic mass is 32.1. The van der Waals surface area contributed by atoms with Crippen molar-refractivity contribution in [3.63, 3.8) is 0 Å². The lowest BCUT2D eigenvalue weighted by molar-refractivity contribution is 0.0653. The molecule has 1 aliphatic rings. The van der Waals surface area contributed by atoms with Crippen molar-refractivity contribution >= 4 is 110 Å². The van der Waals surface area contributed by atoms with Crippen molar-refractivity contribution in [1.82, 2.24) is 4.90 Å². The Hall–Kier alpha value is -4.22. The van der Waals surface area contributed by atoms with Crippen LogP contribution in [-0.4, -0.2) is 23.3 Å². The molecule has 1 aliphatic heterocycles. The minimum absolute atomic E-state index is 0.102. The molecule has 0 aliphatic carbocycles. The smallest absolute Gasteiger partial charge is 0.271 e. The summed E-state index contributed by atoms with van der Waals surface area (Å²) in [6.07, 6.45) is 30.1. The Balaban J connectivity index is 1.18. The van der Waals surface area contributed by atoms with Gasteiger partial charge in [-0.25, -0.2) is 0 Å². The SMILES string of the molecule is CCCCCCCCCc1ccc(-c2c3cc(C(C)(CCCC)c4ccccc4)sc3c(-c3ccc(CCCCCCCC)s3)c3cc(-c4sc(C(C)(CC)c5ccccc5)c5c6c(sc45)C(=O)N(CCCCCCCC)C6=O)sc23)s1. The van der Waals surface area contributed by atoms with Gasteiger partial charge in [-0.2, -0.15) is 0 Å². The van der Waals surface area contributed by atoms with Crippen LogP contribution in [0.2, 0.25) is 0 Å². The van der Waals surface area contributed by atoms with Crippen LogP contribution in [0.4, 0.5) is 0 Å². The maximum Gasteiger partial charge on any atom is 0.271 e. The number of benzene rings is 3. The fourth-order valence-corrected chi connectivity index (χ4v) is 21.0. The second-order valence-corrected chi connectivity index (χ2v) is 30.5. The number of carbonyl (C=O) groups is 2. The van der Waals surface area contributed by atoms with Gasteiger partial charge in [-0.1, -0.05) is 225 Å². The summed E-state index contributed by atoms with van der Waals surface area (Å²) in [7, 11) is 0. The van der Waals surface area contributed by atoms with Gasteiger partial charge in [0, 0.05) is 88.2 Å². The van der Waals surface area contributed by atoms with Crippen molar-refractivity contribution in [3.05, 3.63) is 138 Å². The largest absolute Gasteiger partial charge is 0.274 e. The second-order valence-electron chi connectivity index (χ2n) is 24.0. The molecule has 2 unspecified atom stereocenters. The molecule has 0 spiro atoms. The maximum absolute atomic E-state index is 15.0. The molecule has 9 aromatic rings. The molecule has 0 saturated carbocycles. The molecule has 6 aromatic heterocycles. The first-order valence-corrected chi connectivity index (χ1v) is 36.8. The van der Waals surface area contributed by atoms with Crippen LogP contribution in [0.3, 0.4) is 0 Å². The molecule has 0 N–H and O–H groups in total. The molecule has 3 aromatic carbocycles. The van der Waals surface area contributed by atoms with Gasteiger partial charge in [-0.05, 0) is 92.5 Å².